The third-order valence-corrected chi connectivity index (χ3v) is 6.60. The average molecular weight is 494 g/mol. The lowest BCUT2D eigenvalue weighted by atomic mass is 10.0. The van der Waals surface area contributed by atoms with Crippen molar-refractivity contribution in [2.75, 3.05) is 33.2 Å². The van der Waals surface area contributed by atoms with Crippen LogP contribution in [0.2, 0.25) is 0 Å². The first-order chi connectivity index (χ1) is 17.4. The maximum absolute atomic E-state index is 13.1. The van der Waals surface area contributed by atoms with Crippen molar-refractivity contribution in [2.45, 2.75) is 38.6 Å². The number of halogens is 1. The van der Waals surface area contributed by atoms with Crippen molar-refractivity contribution in [3.8, 4) is 11.5 Å². The SMILES string of the molecule is C[C@H]1CCCCN1CCNC(=O)c1ccc(-c2nc(CCN(C)C(=O)c3ccc(F)cc3)no2)cc1. The van der Waals surface area contributed by atoms with Gasteiger partial charge in [0, 0.05) is 55.8 Å². The Morgan fingerprint density at radius 1 is 1.11 bits per heavy atom. The number of hydrogen-bond donors (Lipinski definition) is 1. The predicted molar refractivity (Wildman–Crippen MR) is 134 cm³/mol. The first-order valence-electron chi connectivity index (χ1n) is 12.4. The zero-order valence-electron chi connectivity index (χ0n) is 20.7. The summed E-state index contributed by atoms with van der Waals surface area (Å²) in [4.78, 5) is 33.3. The number of nitrogens with zero attached hydrogens (tertiary/aromatic N) is 4. The number of nitrogens with one attached hydrogen (secondary N) is 1. The lowest BCUT2D eigenvalue weighted by molar-refractivity contribution is 0.0795. The Hall–Kier alpha value is -3.59. The van der Waals surface area contributed by atoms with Crippen molar-refractivity contribution in [1.29, 1.82) is 0 Å². The molecule has 2 amide bonds. The van der Waals surface area contributed by atoms with Gasteiger partial charge in [0.2, 0.25) is 0 Å². The number of benzene rings is 2. The summed E-state index contributed by atoms with van der Waals surface area (Å²) in [7, 11) is 1.67. The standard InChI is InChI=1S/C27H32FN5O3/c1-19-5-3-4-16-33(19)18-15-29-25(34)20-6-8-21(9-7-20)26-30-24(31-36-26)14-17-32(2)27(35)22-10-12-23(28)13-11-22/h6-13,19H,3-5,14-18H2,1-2H3,(H,29,34)/t19-/m0/s1. The minimum atomic E-state index is -0.385. The van der Waals surface area contributed by atoms with E-state index in [0.717, 1.165) is 13.1 Å². The average Bonchev–Trinajstić information content (AvgIpc) is 3.37. The fourth-order valence-electron chi connectivity index (χ4n) is 4.32. The second-order valence-electron chi connectivity index (χ2n) is 9.21. The Kier molecular flexibility index (Phi) is 8.43. The van der Waals surface area contributed by atoms with E-state index in [1.165, 1.54) is 48.4 Å². The van der Waals surface area contributed by atoms with E-state index >= 15 is 0 Å². The van der Waals surface area contributed by atoms with Gasteiger partial charge in [0.15, 0.2) is 5.82 Å². The van der Waals surface area contributed by atoms with Crippen LogP contribution in [0, 0.1) is 5.82 Å². The summed E-state index contributed by atoms with van der Waals surface area (Å²) in [5.41, 5.74) is 1.70. The van der Waals surface area contributed by atoms with Crippen LogP contribution < -0.4 is 5.32 Å². The monoisotopic (exact) mass is 493 g/mol. The Morgan fingerprint density at radius 2 is 1.83 bits per heavy atom. The first kappa shape index (κ1) is 25.5. The van der Waals surface area contributed by atoms with Crippen molar-refractivity contribution in [2.24, 2.45) is 0 Å². The molecule has 3 aromatic rings. The highest BCUT2D eigenvalue weighted by Gasteiger charge is 2.18. The molecule has 1 aromatic heterocycles. The van der Waals surface area contributed by atoms with Gasteiger partial charge in [0.05, 0.1) is 0 Å². The Morgan fingerprint density at radius 3 is 2.56 bits per heavy atom. The highest BCUT2D eigenvalue weighted by Crippen LogP contribution is 2.19. The Balaban J connectivity index is 1.26. The van der Waals surface area contributed by atoms with E-state index in [1.54, 1.807) is 31.3 Å². The fraction of sp³-hybridized carbons (Fsp3) is 0.407. The van der Waals surface area contributed by atoms with Crippen molar-refractivity contribution in [3.63, 3.8) is 0 Å². The third kappa shape index (κ3) is 6.54. The third-order valence-electron chi connectivity index (χ3n) is 6.60. The largest absolute Gasteiger partial charge is 0.351 e. The van der Waals surface area contributed by atoms with Crippen molar-refractivity contribution in [1.82, 2.24) is 25.3 Å². The van der Waals surface area contributed by atoms with Crippen LogP contribution >= 0.6 is 0 Å². The van der Waals surface area contributed by atoms with Gasteiger partial charge in [-0.05, 0) is 74.8 Å². The van der Waals surface area contributed by atoms with E-state index in [0.29, 0.717) is 54.0 Å². The molecular formula is C27H32FN5O3. The van der Waals surface area contributed by atoms with E-state index in [1.807, 2.05) is 0 Å². The number of likely N-dealkylation sites (N-methyl/N-ethyl adjacent to an activating group) is 1. The molecule has 1 N–H and O–H groups in total. The molecule has 0 aliphatic carbocycles. The summed E-state index contributed by atoms with van der Waals surface area (Å²) in [6, 6.07) is 13.1. The van der Waals surface area contributed by atoms with Gasteiger partial charge in [0.25, 0.3) is 17.7 Å². The molecule has 2 heterocycles. The quantitative estimate of drug-likeness (QED) is 0.488. The molecule has 8 nitrogen and oxygen atoms in total. The molecule has 1 aliphatic rings. The lowest BCUT2D eigenvalue weighted by Gasteiger charge is -2.33. The fourth-order valence-corrected chi connectivity index (χ4v) is 4.32. The van der Waals surface area contributed by atoms with Crippen LogP contribution in [-0.4, -0.2) is 71.0 Å². The van der Waals surface area contributed by atoms with Crippen LogP contribution in [0.5, 0.6) is 0 Å². The van der Waals surface area contributed by atoms with Gasteiger partial charge < -0.3 is 14.7 Å². The summed E-state index contributed by atoms with van der Waals surface area (Å²) in [6.07, 6.45) is 4.13. The van der Waals surface area contributed by atoms with Crippen LogP contribution in [0.15, 0.2) is 53.1 Å². The van der Waals surface area contributed by atoms with Gasteiger partial charge in [-0.1, -0.05) is 11.6 Å². The Bertz CT molecular complexity index is 1160. The van der Waals surface area contributed by atoms with Crippen LogP contribution in [0.1, 0.15) is 52.7 Å². The normalized spacial score (nSPS) is 16.0. The topological polar surface area (TPSA) is 91.6 Å². The van der Waals surface area contributed by atoms with Crippen molar-refractivity contribution >= 4 is 11.8 Å². The molecule has 36 heavy (non-hydrogen) atoms. The van der Waals surface area contributed by atoms with Gasteiger partial charge in [-0.2, -0.15) is 4.98 Å². The highest BCUT2D eigenvalue weighted by molar-refractivity contribution is 5.94. The zero-order chi connectivity index (χ0) is 25.5. The van der Waals surface area contributed by atoms with E-state index in [-0.39, 0.29) is 17.6 Å². The van der Waals surface area contributed by atoms with E-state index in [2.05, 4.69) is 27.3 Å². The number of carbonyl (C=O) groups is 2. The van der Waals surface area contributed by atoms with Crippen molar-refractivity contribution in [3.05, 3.63) is 71.3 Å². The maximum atomic E-state index is 13.1. The Labute approximate surface area is 210 Å². The number of hydrogen-bond acceptors (Lipinski definition) is 6. The summed E-state index contributed by atoms with van der Waals surface area (Å²) < 4.78 is 18.4. The number of likely N-dealkylation sites (tertiary alicyclic amines) is 1. The molecule has 1 atom stereocenters. The summed E-state index contributed by atoms with van der Waals surface area (Å²) in [5, 5.41) is 7.00. The van der Waals surface area contributed by atoms with Gasteiger partial charge >= 0.3 is 0 Å². The molecule has 0 spiro atoms. The van der Waals surface area contributed by atoms with Crippen LogP contribution in [0.25, 0.3) is 11.5 Å². The predicted octanol–water partition coefficient (Wildman–Crippen LogP) is 3.79. The lowest BCUT2D eigenvalue weighted by Crippen LogP contribution is -2.42. The summed E-state index contributed by atoms with van der Waals surface area (Å²) >= 11 is 0. The van der Waals surface area contributed by atoms with E-state index < -0.39 is 0 Å². The number of carbonyl (C=O) groups excluding carboxylic acids is 2. The van der Waals surface area contributed by atoms with Crippen molar-refractivity contribution < 1.29 is 18.5 Å². The molecule has 0 bridgehead atoms. The van der Waals surface area contributed by atoms with E-state index in [4.69, 9.17) is 4.52 Å². The minimum Gasteiger partial charge on any atom is -0.351 e. The molecule has 9 heteroatoms. The molecule has 4 rings (SSSR count). The van der Waals surface area contributed by atoms with Crippen LogP contribution in [0.4, 0.5) is 4.39 Å². The molecule has 1 aliphatic heterocycles. The second-order valence-corrected chi connectivity index (χ2v) is 9.21. The van der Waals surface area contributed by atoms with Gasteiger partial charge in [-0.3, -0.25) is 14.5 Å². The molecule has 190 valence electrons. The summed E-state index contributed by atoms with van der Waals surface area (Å²) in [5.74, 6) is 0.120. The highest BCUT2D eigenvalue weighted by atomic mass is 19.1. The molecule has 2 aromatic carbocycles. The molecule has 1 fully saturated rings. The number of amides is 2. The van der Waals surface area contributed by atoms with Crippen LogP contribution in [0.3, 0.4) is 0 Å². The number of piperidine rings is 1. The smallest absolute Gasteiger partial charge is 0.257 e. The van der Waals surface area contributed by atoms with Gasteiger partial charge in [-0.25, -0.2) is 4.39 Å². The molecular weight excluding hydrogens is 461 g/mol. The maximum Gasteiger partial charge on any atom is 0.257 e. The van der Waals surface area contributed by atoms with Gasteiger partial charge in [0.1, 0.15) is 5.82 Å². The molecule has 0 radical (unpaired) electrons. The molecule has 0 saturated carbocycles. The number of rotatable bonds is 9. The van der Waals surface area contributed by atoms with Gasteiger partial charge in [-0.15, -0.1) is 0 Å². The molecule has 1 saturated heterocycles. The summed E-state index contributed by atoms with van der Waals surface area (Å²) in [6.45, 7) is 5.20. The zero-order valence-corrected chi connectivity index (χ0v) is 20.7. The number of aromatic nitrogens is 2. The first-order valence-corrected chi connectivity index (χ1v) is 12.4. The molecule has 0 unspecified atom stereocenters. The van der Waals surface area contributed by atoms with E-state index in [9.17, 15) is 14.0 Å². The second kappa shape index (κ2) is 11.9. The van der Waals surface area contributed by atoms with Crippen LogP contribution in [-0.2, 0) is 6.42 Å². The minimum absolute atomic E-state index is 0.105.